The Balaban J connectivity index is 1.99. The number of anilines is 1. The maximum absolute atomic E-state index is 12.9. The number of aryl methyl sites for hydroxylation is 1. The first-order valence-corrected chi connectivity index (χ1v) is 6.02. The quantitative estimate of drug-likeness (QED) is 0.858. The van der Waals surface area contributed by atoms with E-state index in [1.165, 1.54) is 12.1 Å². The molecule has 18 heavy (non-hydrogen) atoms. The van der Waals surface area contributed by atoms with Gasteiger partial charge in [0.2, 0.25) is 0 Å². The first-order chi connectivity index (χ1) is 8.60. The highest BCUT2D eigenvalue weighted by molar-refractivity contribution is 5.94. The lowest BCUT2D eigenvalue weighted by atomic mass is 10.1. The highest BCUT2D eigenvalue weighted by atomic mass is 19.1. The standard InChI is InChI=1S/C13H17FN2O2/c1-8-6-9(14)2-4-11(8)16-13(17)12-5-3-10(7-15)18-12/h2,4,6,10,12H,3,5,7,15H2,1H3,(H,16,17). The maximum Gasteiger partial charge on any atom is 0.253 e. The summed E-state index contributed by atoms with van der Waals surface area (Å²) in [6.45, 7) is 2.18. The Morgan fingerprint density at radius 2 is 2.33 bits per heavy atom. The average Bonchev–Trinajstić information content (AvgIpc) is 2.81. The third-order valence-corrected chi connectivity index (χ3v) is 3.11. The molecule has 0 aliphatic carbocycles. The molecular formula is C13H17FN2O2. The van der Waals surface area contributed by atoms with E-state index in [0.29, 0.717) is 24.2 Å². The van der Waals surface area contributed by atoms with Crippen molar-refractivity contribution in [1.29, 1.82) is 0 Å². The van der Waals surface area contributed by atoms with Crippen molar-refractivity contribution in [2.45, 2.75) is 32.0 Å². The first kappa shape index (κ1) is 13.0. The zero-order chi connectivity index (χ0) is 13.1. The summed E-state index contributed by atoms with van der Waals surface area (Å²) in [5.41, 5.74) is 6.79. The number of hydrogen-bond donors (Lipinski definition) is 2. The summed E-state index contributed by atoms with van der Waals surface area (Å²) in [5, 5.41) is 2.75. The van der Waals surface area contributed by atoms with E-state index in [9.17, 15) is 9.18 Å². The van der Waals surface area contributed by atoms with E-state index < -0.39 is 6.10 Å². The van der Waals surface area contributed by atoms with Gasteiger partial charge < -0.3 is 15.8 Å². The van der Waals surface area contributed by atoms with Crippen molar-refractivity contribution in [3.63, 3.8) is 0 Å². The van der Waals surface area contributed by atoms with Crippen LogP contribution in [0.2, 0.25) is 0 Å². The fourth-order valence-corrected chi connectivity index (χ4v) is 2.05. The van der Waals surface area contributed by atoms with E-state index in [1.807, 2.05) is 0 Å². The summed E-state index contributed by atoms with van der Waals surface area (Å²) in [6, 6.07) is 4.26. The zero-order valence-corrected chi connectivity index (χ0v) is 10.3. The summed E-state index contributed by atoms with van der Waals surface area (Å²) < 4.78 is 18.4. The molecule has 1 aliphatic rings. The molecule has 5 heteroatoms. The van der Waals surface area contributed by atoms with Gasteiger partial charge in [-0.25, -0.2) is 4.39 Å². The van der Waals surface area contributed by atoms with Crippen LogP contribution in [-0.2, 0) is 9.53 Å². The molecule has 0 spiro atoms. The van der Waals surface area contributed by atoms with Crippen LogP contribution in [0.5, 0.6) is 0 Å². The number of rotatable bonds is 3. The van der Waals surface area contributed by atoms with Gasteiger partial charge in [0.1, 0.15) is 11.9 Å². The van der Waals surface area contributed by atoms with Crippen LogP contribution >= 0.6 is 0 Å². The molecule has 1 amide bonds. The number of nitrogens with two attached hydrogens (primary N) is 1. The number of ether oxygens (including phenoxy) is 1. The van der Waals surface area contributed by atoms with E-state index in [4.69, 9.17) is 10.5 Å². The molecule has 1 fully saturated rings. The van der Waals surface area contributed by atoms with Crippen molar-refractivity contribution in [1.82, 2.24) is 0 Å². The lowest BCUT2D eigenvalue weighted by molar-refractivity contribution is -0.126. The van der Waals surface area contributed by atoms with Gasteiger partial charge in [0.05, 0.1) is 6.10 Å². The fourth-order valence-electron chi connectivity index (χ4n) is 2.05. The van der Waals surface area contributed by atoms with Gasteiger partial charge >= 0.3 is 0 Å². The SMILES string of the molecule is Cc1cc(F)ccc1NC(=O)C1CCC(CN)O1. The molecule has 0 bridgehead atoms. The molecule has 2 atom stereocenters. The van der Waals surface area contributed by atoms with Crippen molar-refractivity contribution >= 4 is 11.6 Å². The molecule has 1 heterocycles. The van der Waals surface area contributed by atoms with Crippen LogP contribution in [0.4, 0.5) is 10.1 Å². The van der Waals surface area contributed by atoms with Crippen molar-refractivity contribution in [2.24, 2.45) is 5.73 Å². The highest BCUT2D eigenvalue weighted by Crippen LogP contribution is 2.22. The van der Waals surface area contributed by atoms with E-state index in [0.717, 1.165) is 6.42 Å². The van der Waals surface area contributed by atoms with Crippen LogP contribution < -0.4 is 11.1 Å². The van der Waals surface area contributed by atoms with Gasteiger partial charge in [-0.15, -0.1) is 0 Å². The number of carbonyl (C=O) groups is 1. The van der Waals surface area contributed by atoms with Crippen LogP contribution in [-0.4, -0.2) is 24.7 Å². The van der Waals surface area contributed by atoms with Gasteiger partial charge in [0, 0.05) is 12.2 Å². The Bertz CT molecular complexity index is 451. The highest BCUT2D eigenvalue weighted by Gasteiger charge is 2.29. The molecule has 0 radical (unpaired) electrons. The minimum atomic E-state index is -0.456. The first-order valence-electron chi connectivity index (χ1n) is 6.02. The second kappa shape index (κ2) is 5.46. The molecule has 3 N–H and O–H groups in total. The monoisotopic (exact) mass is 252 g/mol. The molecule has 1 aromatic carbocycles. The number of halogens is 1. The van der Waals surface area contributed by atoms with E-state index in [1.54, 1.807) is 13.0 Å². The third kappa shape index (κ3) is 2.86. The van der Waals surface area contributed by atoms with Gasteiger partial charge in [0.15, 0.2) is 0 Å². The topological polar surface area (TPSA) is 64.4 Å². The number of hydrogen-bond acceptors (Lipinski definition) is 3. The average molecular weight is 252 g/mol. The smallest absolute Gasteiger partial charge is 0.253 e. The Kier molecular flexibility index (Phi) is 3.93. The van der Waals surface area contributed by atoms with Crippen LogP contribution in [0.3, 0.4) is 0 Å². The van der Waals surface area contributed by atoms with Crippen LogP contribution in [0, 0.1) is 12.7 Å². The summed E-state index contributed by atoms with van der Waals surface area (Å²) >= 11 is 0. The summed E-state index contributed by atoms with van der Waals surface area (Å²) in [6.07, 6.45) is 0.989. The Morgan fingerprint density at radius 3 is 2.94 bits per heavy atom. The van der Waals surface area contributed by atoms with Gasteiger partial charge in [-0.3, -0.25) is 4.79 Å². The molecule has 1 aromatic rings. The largest absolute Gasteiger partial charge is 0.364 e. The molecule has 0 aromatic heterocycles. The molecule has 4 nitrogen and oxygen atoms in total. The Hall–Kier alpha value is -1.46. The van der Waals surface area contributed by atoms with Crippen LogP contribution in [0.1, 0.15) is 18.4 Å². The molecular weight excluding hydrogens is 235 g/mol. The Morgan fingerprint density at radius 1 is 1.56 bits per heavy atom. The van der Waals surface area contributed by atoms with E-state index >= 15 is 0 Å². The predicted octanol–water partition coefficient (Wildman–Crippen LogP) is 1.58. The number of carbonyl (C=O) groups excluding carboxylic acids is 1. The lowest BCUT2D eigenvalue weighted by Gasteiger charge is -2.14. The van der Waals surface area contributed by atoms with E-state index in [-0.39, 0.29) is 17.8 Å². The molecule has 1 saturated heterocycles. The van der Waals surface area contributed by atoms with Crippen molar-refractivity contribution in [3.8, 4) is 0 Å². The number of benzene rings is 1. The van der Waals surface area contributed by atoms with Crippen molar-refractivity contribution < 1.29 is 13.9 Å². The second-order valence-electron chi connectivity index (χ2n) is 4.51. The van der Waals surface area contributed by atoms with Crippen molar-refractivity contribution in [2.75, 3.05) is 11.9 Å². The Labute approximate surface area is 105 Å². The lowest BCUT2D eigenvalue weighted by Crippen LogP contribution is -2.30. The third-order valence-electron chi connectivity index (χ3n) is 3.11. The molecule has 2 rings (SSSR count). The second-order valence-corrected chi connectivity index (χ2v) is 4.51. The van der Waals surface area contributed by atoms with Gasteiger partial charge in [0.25, 0.3) is 5.91 Å². The van der Waals surface area contributed by atoms with Gasteiger partial charge in [-0.1, -0.05) is 0 Å². The summed E-state index contributed by atoms with van der Waals surface area (Å²) in [7, 11) is 0. The van der Waals surface area contributed by atoms with Crippen molar-refractivity contribution in [3.05, 3.63) is 29.6 Å². The predicted molar refractivity (Wildman–Crippen MR) is 66.7 cm³/mol. The molecule has 2 unspecified atom stereocenters. The normalized spacial score (nSPS) is 23.1. The maximum atomic E-state index is 12.9. The van der Waals surface area contributed by atoms with E-state index in [2.05, 4.69) is 5.32 Å². The summed E-state index contributed by atoms with van der Waals surface area (Å²) in [4.78, 5) is 11.9. The minimum absolute atomic E-state index is 0.0323. The molecule has 0 saturated carbocycles. The van der Waals surface area contributed by atoms with Crippen LogP contribution in [0.15, 0.2) is 18.2 Å². The van der Waals surface area contributed by atoms with Gasteiger partial charge in [-0.05, 0) is 43.5 Å². The molecule has 98 valence electrons. The summed E-state index contributed by atoms with van der Waals surface area (Å²) in [5.74, 6) is -0.508. The van der Waals surface area contributed by atoms with Crippen LogP contribution in [0.25, 0.3) is 0 Å². The number of amides is 1. The number of nitrogens with one attached hydrogen (secondary N) is 1. The zero-order valence-electron chi connectivity index (χ0n) is 10.3. The fraction of sp³-hybridized carbons (Fsp3) is 0.462. The molecule has 1 aliphatic heterocycles. The minimum Gasteiger partial charge on any atom is -0.364 e. The van der Waals surface area contributed by atoms with Gasteiger partial charge in [-0.2, -0.15) is 0 Å².